The van der Waals surface area contributed by atoms with Crippen LogP contribution in [0.4, 0.5) is 0 Å². The van der Waals surface area contributed by atoms with Crippen molar-refractivity contribution >= 4 is 17.0 Å². The summed E-state index contributed by atoms with van der Waals surface area (Å²) in [4.78, 5) is 37.7. The predicted octanol–water partition coefficient (Wildman–Crippen LogP) is -0.0158. The van der Waals surface area contributed by atoms with Crippen LogP contribution in [0.25, 0.3) is 16.7 Å². The fourth-order valence-corrected chi connectivity index (χ4v) is 2.20. The van der Waals surface area contributed by atoms with E-state index in [0.717, 1.165) is 16.3 Å². The minimum atomic E-state index is -0.789. The summed E-state index contributed by atoms with van der Waals surface area (Å²) in [6.45, 7) is 1.76. The van der Waals surface area contributed by atoms with Gasteiger partial charge in [-0.25, -0.2) is 14.3 Å². The Bertz CT molecular complexity index is 1010. The smallest absolute Gasteiger partial charge is 0.345 e. The van der Waals surface area contributed by atoms with Crippen molar-refractivity contribution in [1.29, 1.82) is 0 Å². The number of nitrogens with zero attached hydrogens (tertiary/aromatic N) is 4. The number of carbonyl (C=O) groups is 1. The lowest BCUT2D eigenvalue weighted by atomic mass is 10.2. The van der Waals surface area contributed by atoms with Crippen LogP contribution in [-0.4, -0.2) is 37.1 Å². The lowest BCUT2D eigenvalue weighted by Crippen LogP contribution is -2.33. The number of ether oxygens (including phenoxy) is 1. The first-order chi connectivity index (χ1) is 11.0. The van der Waals surface area contributed by atoms with Gasteiger partial charge in [0.2, 0.25) is 0 Å². The van der Waals surface area contributed by atoms with Crippen molar-refractivity contribution in [3.63, 3.8) is 0 Å². The van der Waals surface area contributed by atoms with Crippen molar-refractivity contribution < 1.29 is 9.53 Å². The minimum Gasteiger partial charge on any atom is -0.462 e. The Labute approximate surface area is 129 Å². The molecule has 0 aliphatic carbocycles. The van der Waals surface area contributed by atoms with Gasteiger partial charge in [-0.1, -0.05) is 5.21 Å². The molecule has 118 valence electrons. The maximum absolute atomic E-state index is 12.0. The van der Waals surface area contributed by atoms with Gasteiger partial charge in [-0.3, -0.25) is 14.3 Å². The molecule has 23 heavy (non-hydrogen) atoms. The zero-order chi connectivity index (χ0) is 16.6. The van der Waals surface area contributed by atoms with E-state index < -0.39 is 17.2 Å². The fourth-order valence-electron chi connectivity index (χ4n) is 2.20. The van der Waals surface area contributed by atoms with Crippen molar-refractivity contribution in [2.24, 2.45) is 7.05 Å². The normalized spacial score (nSPS) is 10.9. The number of fused-ring (bicyclic) bond motifs is 1. The van der Waals surface area contributed by atoms with E-state index in [-0.39, 0.29) is 12.2 Å². The number of carbonyl (C=O) groups excluding carboxylic acids is 1. The molecule has 0 bridgehead atoms. The average Bonchev–Trinajstić information content (AvgIpc) is 2.88. The monoisotopic (exact) mass is 315 g/mol. The van der Waals surface area contributed by atoms with Crippen LogP contribution in [0.15, 0.2) is 34.0 Å². The van der Waals surface area contributed by atoms with E-state index in [2.05, 4.69) is 15.3 Å². The lowest BCUT2D eigenvalue weighted by molar-refractivity contribution is 0.0523. The van der Waals surface area contributed by atoms with Gasteiger partial charge in [0, 0.05) is 13.2 Å². The molecule has 0 radical (unpaired) electrons. The quantitative estimate of drug-likeness (QED) is 0.680. The number of rotatable bonds is 3. The minimum absolute atomic E-state index is 0.128. The van der Waals surface area contributed by atoms with Crippen LogP contribution in [0.2, 0.25) is 0 Å². The van der Waals surface area contributed by atoms with E-state index in [0.29, 0.717) is 11.2 Å². The van der Waals surface area contributed by atoms with Crippen LogP contribution in [0, 0.1) is 0 Å². The molecular weight excluding hydrogens is 302 g/mol. The highest BCUT2D eigenvalue weighted by molar-refractivity contribution is 5.88. The van der Waals surface area contributed by atoms with Gasteiger partial charge < -0.3 is 4.74 Å². The van der Waals surface area contributed by atoms with Crippen LogP contribution in [0.5, 0.6) is 0 Å². The van der Waals surface area contributed by atoms with Crippen molar-refractivity contribution in [3.8, 4) is 5.69 Å². The van der Waals surface area contributed by atoms with Crippen molar-refractivity contribution in [3.05, 3.63) is 50.8 Å². The van der Waals surface area contributed by atoms with Crippen LogP contribution >= 0.6 is 0 Å². The molecule has 0 atom stereocenters. The van der Waals surface area contributed by atoms with Crippen LogP contribution in [-0.2, 0) is 11.8 Å². The molecule has 1 N–H and O–H groups in total. The van der Waals surface area contributed by atoms with Gasteiger partial charge in [0.25, 0.3) is 5.56 Å². The molecule has 1 aromatic carbocycles. The third-order valence-electron chi connectivity index (χ3n) is 3.31. The Hall–Kier alpha value is -3.23. The van der Waals surface area contributed by atoms with Crippen molar-refractivity contribution in [2.75, 3.05) is 6.61 Å². The molecule has 0 fully saturated rings. The Balaban J connectivity index is 2.17. The summed E-state index contributed by atoms with van der Waals surface area (Å²) >= 11 is 0. The topological polar surface area (TPSA) is 112 Å². The van der Waals surface area contributed by atoms with Gasteiger partial charge in [-0.05, 0) is 25.1 Å². The number of aryl methyl sites for hydroxylation is 1. The van der Waals surface area contributed by atoms with Gasteiger partial charge in [0.1, 0.15) is 11.1 Å². The molecule has 0 aliphatic rings. The number of aromatic nitrogens is 5. The summed E-state index contributed by atoms with van der Waals surface area (Å²) in [5.41, 5.74) is 0.129. The van der Waals surface area contributed by atoms with Gasteiger partial charge in [-0.15, -0.1) is 5.10 Å². The number of hydrogen-bond donors (Lipinski definition) is 1. The van der Waals surface area contributed by atoms with E-state index in [1.54, 1.807) is 36.9 Å². The number of esters is 1. The molecule has 2 aromatic heterocycles. The lowest BCUT2D eigenvalue weighted by Gasteiger charge is -2.07. The average molecular weight is 315 g/mol. The van der Waals surface area contributed by atoms with Gasteiger partial charge in [0.15, 0.2) is 0 Å². The highest BCUT2D eigenvalue weighted by Gasteiger charge is 2.15. The summed E-state index contributed by atoms with van der Waals surface area (Å²) in [6, 6.07) is 5.05. The first-order valence-electron chi connectivity index (χ1n) is 6.84. The Kier molecular flexibility index (Phi) is 3.53. The number of benzene rings is 1. The SMILES string of the molecule is CCOC(=O)c1cn(-c2ccc3c(c2)nnn3C)c(=O)[nH]c1=O. The summed E-state index contributed by atoms with van der Waals surface area (Å²) in [6.07, 6.45) is 1.16. The third-order valence-corrected chi connectivity index (χ3v) is 3.31. The zero-order valence-electron chi connectivity index (χ0n) is 12.4. The highest BCUT2D eigenvalue weighted by atomic mass is 16.5. The summed E-state index contributed by atoms with van der Waals surface area (Å²) in [5.74, 6) is -0.789. The molecule has 0 unspecified atom stereocenters. The molecule has 9 heteroatoms. The van der Waals surface area contributed by atoms with Crippen LogP contribution in [0.3, 0.4) is 0 Å². The highest BCUT2D eigenvalue weighted by Crippen LogP contribution is 2.14. The largest absolute Gasteiger partial charge is 0.462 e. The number of H-pyrrole nitrogens is 1. The number of nitrogens with one attached hydrogen (secondary N) is 1. The summed E-state index contributed by atoms with van der Waals surface area (Å²) in [7, 11) is 1.75. The third kappa shape index (κ3) is 2.52. The second-order valence-corrected chi connectivity index (χ2v) is 4.78. The molecule has 0 saturated heterocycles. The van der Waals surface area contributed by atoms with E-state index >= 15 is 0 Å². The van der Waals surface area contributed by atoms with E-state index in [1.165, 1.54) is 0 Å². The molecule has 2 heterocycles. The zero-order valence-corrected chi connectivity index (χ0v) is 12.4. The van der Waals surface area contributed by atoms with Gasteiger partial charge >= 0.3 is 11.7 Å². The maximum atomic E-state index is 12.0. The van der Waals surface area contributed by atoms with Crippen LogP contribution < -0.4 is 11.2 Å². The summed E-state index contributed by atoms with van der Waals surface area (Å²) in [5, 5.41) is 7.86. The second kappa shape index (κ2) is 5.52. The molecule has 0 spiro atoms. The molecule has 0 saturated carbocycles. The van der Waals surface area contributed by atoms with Gasteiger partial charge in [-0.2, -0.15) is 0 Å². The molecular formula is C14H13N5O4. The van der Waals surface area contributed by atoms with Crippen molar-refractivity contribution in [1.82, 2.24) is 24.5 Å². The molecule has 3 aromatic rings. The molecule has 0 amide bonds. The van der Waals surface area contributed by atoms with Crippen molar-refractivity contribution in [2.45, 2.75) is 6.92 Å². The first-order valence-corrected chi connectivity index (χ1v) is 6.84. The number of aromatic amines is 1. The Morgan fingerprint density at radius 3 is 2.87 bits per heavy atom. The predicted molar refractivity (Wildman–Crippen MR) is 80.7 cm³/mol. The van der Waals surface area contributed by atoms with E-state index in [9.17, 15) is 14.4 Å². The molecule has 9 nitrogen and oxygen atoms in total. The first kappa shape index (κ1) is 14.7. The van der Waals surface area contributed by atoms with E-state index in [1.807, 2.05) is 0 Å². The van der Waals surface area contributed by atoms with Gasteiger partial charge in [0.05, 0.1) is 17.8 Å². The molecule has 0 aliphatic heterocycles. The Morgan fingerprint density at radius 2 is 2.13 bits per heavy atom. The standard InChI is InChI=1S/C14H13N5O4/c1-3-23-13(21)9-7-19(14(22)15-12(9)20)8-4-5-11-10(6-8)16-17-18(11)2/h4-7H,3H2,1-2H3,(H,15,20,22). The fraction of sp³-hybridized carbons (Fsp3) is 0.214. The second-order valence-electron chi connectivity index (χ2n) is 4.78. The van der Waals surface area contributed by atoms with E-state index in [4.69, 9.17) is 4.74 Å². The summed E-state index contributed by atoms with van der Waals surface area (Å²) < 4.78 is 7.56. The molecule has 3 rings (SSSR count). The Morgan fingerprint density at radius 1 is 1.35 bits per heavy atom. The van der Waals surface area contributed by atoms with Crippen LogP contribution in [0.1, 0.15) is 17.3 Å². The number of hydrogen-bond acceptors (Lipinski definition) is 6. The maximum Gasteiger partial charge on any atom is 0.345 e.